The summed E-state index contributed by atoms with van der Waals surface area (Å²) >= 11 is 0. The van der Waals surface area contributed by atoms with E-state index < -0.39 is 6.10 Å². The molecule has 1 aromatic carbocycles. The second kappa shape index (κ2) is 11.6. The van der Waals surface area contributed by atoms with Crippen LogP contribution in [0.5, 0.6) is 0 Å². The van der Waals surface area contributed by atoms with Crippen LogP contribution in [0.3, 0.4) is 0 Å². The van der Waals surface area contributed by atoms with Gasteiger partial charge in [-0.05, 0) is 30.5 Å². The lowest BCUT2D eigenvalue weighted by molar-refractivity contribution is -0.137. The van der Waals surface area contributed by atoms with E-state index in [2.05, 4.69) is 6.92 Å². The molecule has 154 valence electrons. The average Bonchev–Trinajstić information content (AvgIpc) is 3.06. The summed E-state index contributed by atoms with van der Waals surface area (Å²) in [6.45, 7) is 4.08. The average molecular weight is 389 g/mol. The first-order valence-corrected chi connectivity index (χ1v) is 10.1. The molecular weight excluding hydrogens is 356 g/mol. The maximum absolute atomic E-state index is 12.2. The highest BCUT2D eigenvalue weighted by Crippen LogP contribution is 2.14. The van der Waals surface area contributed by atoms with E-state index in [1.807, 2.05) is 29.3 Å². The summed E-state index contributed by atoms with van der Waals surface area (Å²) in [5.74, 6) is -0.223. The predicted molar refractivity (Wildman–Crippen MR) is 109 cm³/mol. The molecule has 1 unspecified atom stereocenters. The van der Waals surface area contributed by atoms with Gasteiger partial charge in [0.15, 0.2) is 0 Å². The van der Waals surface area contributed by atoms with Crippen molar-refractivity contribution in [2.45, 2.75) is 51.6 Å². The number of carbonyl (C=O) groups is 2. The van der Waals surface area contributed by atoms with Crippen molar-refractivity contribution in [3.63, 3.8) is 0 Å². The van der Waals surface area contributed by atoms with E-state index in [0.717, 1.165) is 31.2 Å². The highest BCUT2D eigenvalue weighted by Gasteiger charge is 2.27. The number of methoxy groups -OCH3 is 1. The maximum atomic E-state index is 12.2. The fraction of sp³-hybridized carbons (Fsp3) is 0.545. The van der Waals surface area contributed by atoms with Gasteiger partial charge in [-0.15, -0.1) is 0 Å². The van der Waals surface area contributed by atoms with Gasteiger partial charge in [-0.1, -0.05) is 50.5 Å². The van der Waals surface area contributed by atoms with Gasteiger partial charge in [0, 0.05) is 26.1 Å². The molecule has 1 aliphatic rings. The predicted octanol–water partition coefficient (Wildman–Crippen LogP) is 2.96. The quantitative estimate of drug-likeness (QED) is 0.359. The summed E-state index contributed by atoms with van der Waals surface area (Å²) in [6, 6.07) is 7.27. The Balaban J connectivity index is 1.82. The van der Waals surface area contributed by atoms with Crippen molar-refractivity contribution >= 4 is 11.9 Å². The fourth-order valence-corrected chi connectivity index (χ4v) is 3.29. The number of esters is 1. The molecule has 0 bridgehead atoms. The molecule has 1 fully saturated rings. The first-order valence-electron chi connectivity index (χ1n) is 10.1. The summed E-state index contributed by atoms with van der Waals surface area (Å²) in [5.41, 5.74) is 1.59. The molecule has 0 aliphatic carbocycles. The molecule has 6 nitrogen and oxygen atoms in total. The molecular formula is C22H32N2O4. The van der Waals surface area contributed by atoms with E-state index in [9.17, 15) is 14.7 Å². The van der Waals surface area contributed by atoms with Crippen LogP contribution < -0.4 is 0 Å². The number of nitrogens with zero attached hydrogens (tertiary/aromatic N) is 2. The Hall–Kier alpha value is -2.18. The number of hydrogen-bond acceptors (Lipinski definition) is 5. The summed E-state index contributed by atoms with van der Waals surface area (Å²) < 4.78 is 4.70. The zero-order valence-electron chi connectivity index (χ0n) is 17.0. The van der Waals surface area contributed by atoms with Gasteiger partial charge in [-0.2, -0.15) is 0 Å². The minimum absolute atomic E-state index is 0.128. The van der Waals surface area contributed by atoms with E-state index in [0.29, 0.717) is 38.0 Å². The van der Waals surface area contributed by atoms with Crippen LogP contribution in [0.1, 0.15) is 54.9 Å². The second-order valence-corrected chi connectivity index (χ2v) is 7.11. The van der Waals surface area contributed by atoms with Crippen LogP contribution in [0.2, 0.25) is 0 Å². The molecule has 0 spiro atoms. The lowest BCUT2D eigenvalue weighted by Gasteiger charge is -2.27. The van der Waals surface area contributed by atoms with E-state index in [1.165, 1.54) is 7.11 Å². The third kappa shape index (κ3) is 6.77. The molecule has 6 heteroatoms. The Bertz CT molecular complexity index is 657. The summed E-state index contributed by atoms with van der Waals surface area (Å²) in [7, 11) is 1.36. The zero-order chi connectivity index (χ0) is 20.4. The van der Waals surface area contributed by atoms with Gasteiger partial charge in [0.1, 0.15) is 0 Å². The number of carbonyl (C=O) groups excluding carboxylic acids is 2. The fourth-order valence-electron chi connectivity index (χ4n) is 3.29. The number of unbranched alkanes of at least 4 members (excludes halogenated alkanes) is 2. The number of benzene rings is 1. The van der Waals surface area contributed by atoms with E-state index in [-0.39, 0.29) is 11.9 Å². The summed E-state index contributed by atoms with van der Waals surface area (Å²) in [6.07, 6.45) is 8.72. The smallest absolute Gasteiger partial charge is 0.337 e. The number of rotatable bonds is 11. The molecule has 1 saturated heterocycles. The molecule has 1 atom stereocenters. The zero-order valence-corrected chi connectivity index (χ0v) is 17.0. The molecule has 1 aromatic rings. The number of ether oxygens (including phenoxy) is 1. The number of hydrogen-bond donors (Lipinski definition) is 1. The van der Waals surface area contributed by atoms with Crippen molar-refractivity contribution in [1.82, 2.24) is 10.0 Å². The third-order valence-corrected chi connectivity index (χ3v) is 4.98. The van der Waals surface area contributed by atoms with E-state index in [4.69, 9.17) is 4.74 Å². The van der Waals surface area contributed by atoms with Gasteiger partial charge in [-0.3, -0.25) is 9.80 Å². The largest absolute Gasteiger partial charge is 0.465 e. The molecule has 1 heterocycles. The minimum Gasteiger partial charge on any atom is -0.465 e. The topological polar surface area (TPSA) is 70.1 Å². The Kier molecular flexibility index (Phi) is 9.17. The van der Waals surface area contributed by atoms with Gasteiger partial charge in [-0.25, -0.2) is 9.80 Å². The first-order chi connectivity index (χ1) is 13.5. The summed E-state index contributed by atoms with van der Waals surface area (Å²) in [4.78, 5) is 23.7. The van der Waals surface area contributed by atoms with Crippen LogP contribution in [-0.4, -0.2) is 59.8 Å². The molecule has 1 N–H and O–H groups in total. The van der Waals surface area contributed by atoms with Crippen LogP contribution in [-0.2, 0) is 16.0 Å². The molecule has 28 heavy (non-hydrogen) atoms. The van der Waals surface area contributed by atoms with Gasteiger partial charge >= 0.3 is 5.97 Å². The Morgan fingerprint density at radius 2 is 2.04 bits per heavy atom. The van der Waals surface area contributed by atoms with Crippen LogP contribution in [0.25, 0.3) is 0 Å². The lowest BCUT2D eigenvalue weighted by atomic mass is 10.1. The van der Waals surface area contributed by atoms with Crippen LogP contribution in [0.15, 0.2) is 36.4 Å². The van der Waals surface area contributed by atoms with Crippen molar-refractivity contribution in [2.24, 2.45) is 0 Å². The van der Waals surface area contributed by atoms with Crippen LogP contribution in [0, 0.1) is 0 Å². The van der Waals surface area contributed by atoms with Gasteiger partial charge in [0.25, 0.3) is 0 Å². The van der Waals surface area contributed by atoms with Crippen molar-refractivity contribution in [3.8, 4) is 0 Å². The van der Waals surface area contributed by atoms with Crippen molar-refractivity contribution in [1.29, 1.82) is 0 Å². The maximum Gasteiger partial charge on any atom is 0.337 e. The lowest BCUT2D eigenvalue weighted by Crippen LogP contribution is -2.40. The Morgan fingerprint density at radius 1 is 1.29 bits per heavy atom. The summed E-state index contributed by atoms with van der Waals surface area (Å²) in [5, 5.41) is 13.8. The molecule has 1 aliphatic heterocycles. The van der Waals surface area contributed by atoms with Crippen molar-refractivity contribution < 1.29 is 19.4 Å². The Labute approximate surface area is 167 Å². The number of hydrazine groups is 1. The van der Waals surface area contributed by atoms with Crippen molar-refractivity contribution in [2.75, 3.05) is 26.7 Å². The number of aliphatic hydroxyl groups excluding tert-OH is 1. The van der Waals surface area contributed by atoms with E-state index >= 15 is 0 Å². The van der Waals surface area contributed by atoms with Gasteiger partial charge in [0.2, 0.25) is 5.91 Å². The highest BCUT2D eigenvalue weighted by molar-refractivity contribution is 5.89. The molecule has 0 radical (unpaired) electrons. The van der Waals surface area contributed by atoms with E-state index in [1.54, 1.807) is 17.1 Å². The molecule has 0 saturated carbocycles. The van der Waals surface area contributed by atoms with Crippen LogP contribution >= 0.6 is 0 Å². The third-order valence-electron chi connectivity index (χ3n) is 4.98. The number of aliphatic hydroxyl groups is 1. The SMILES string of the molecule is CCCCCC(O)/C=C/CN1CCC(=O)N1CCc1ccc(C(=O)OC)cc1. The highest BCUT2D eigenvalue weighted by atomic mass is 16.5. The second-order valence-electron chi connectivity index (χ2n) is 7.11. The normalized spacial score (nSPS) is 16.1. The molecule has 1 amide bonds. The van der Waals surface area contributed by atoms with Crippen LogP contribution in [0.4, 0.5) is 0 Å². The molecule has 2 rings (SSSR count). The van der Waals surface area contributed by atoms with Gasteiger partial charge in [0.05, 0.1) is 18.8 Å². The van der Waals surface area contributed by atoms with Gasteiger partial charge < -0.3 is 9.84 Å². The Morgan fingerprint density at radius 3 is 2.71 bits per heavy atom. The monoisotopic (exact) mass is 388 g/mol. The first kappa shape index (κ1) is 22.1. The minimum atomic E-state index is -0.411. The van der Waals surface area contributed by atoms with Crippen molar-refractivity contribution in [3.05, 3.63) is 47.5 Å². The standard InChI is InChI=1S/C22H32N2O4/c1-3-4-5-7-20(25)8-6-15-23-16-14-21(26)24(23)17-13-18-9-11-19(12-10-18)22(27)28-2/h6,8-12,20,25H,3-5,7,13-17H2,1-2H3/b8-6+. The molecule has 0 aromatic heterocycles. The number of amides is 1.